The second kappa shape index (κ2) is 9.12. The number of nitrogens with one attached hydrogen (secondary N) is 2. The third-order valence-corrected chi connectivity index (χ3v) is 4.72. The Morgan fingerprint density at radius 3 is 2.24 bits per heavy atom. The van der Waals surface area contributed by atoms with Gasteiger partial charge in [0.2, 0.25) is 5.91 Å². The zero-order chi connectivity index (χ0) is 20.8. The van der Waals surface area contributed by atoms with Gasteiger partial charge < -0.3 is 5.32 Å². The molecule has 0 unspecified atom stereocenters. The van der Waals surface area contributed by atoms with Crippen LogP contribution in [0.4, 0.5) is 11.4 Å². The first-order valence-electron chi connectivity index (χ1n) is 9.34. The average molecular weight is 389 g/mol. The number of anilines is 1. The lowest BCUT2D eigenvalue weighted by atomic mass is 9.98. The van der Waals surface area contributed by atoms with Crippen LogP contribution in [0.15, 0.2) is 72.8 Å². The largest absolute Gasteiger partial charge is 0.319 e. The number of nitro groups is 1. The fourth-order valence-electron chi connectivity index (χ4n) is 3.18. The first-order chi connectivity index (χ1) is 14.0. The number of carbonyl (C=O) groups is 1. The van der Waals surface area contributed by atoms with Crippen LogP contribution in [0.3, 0.4) is 0 Å². The summed E-state index contributed by atoms with van der Waals surface area (Å²) in [5.41, 5.74) is 3.99. The van der Waals surface area contributed by atoms with Gasteiger partial charge in [-0.2, -0.15) is 0 Å². The molecule has 0 spiro atoms. The van der Waals surface area contributed by atoms with Crippen molar-refractivity contribution in [2.24, 2.45) is 0 Å². The van der Waals surface area contributed by atoms with Crippen LogP contribution in [0.25, 0.3) is 0 Å². The Hall–Kier alpha value is -3.51. The normalized spacial score (nSPS) is 11.7. The number of rotatable bonds is 7. The molecular formula is C23H23N3O3. The van der Waals surface area contributed by atoms with Crippen LogP contribution in [0.5, 0.6) is 0 Å². The van der Waals surface area contributed by atoms with Crippen molar-refractivity contribution in [3.05, 3.63) is 105 Å². The van der Waals surface area contributed by atoms with Gasteiger partial charge in [-0.05, 0) is 30.5 Å². The standard InChI is InChI=1S/C23H23N3O3/c1-16-11-13-19(14-12-16)23(18-8-4-3-5-9-18)24-15-21(27)25-22-17(2)7-6-10-20(22)26(28)29/h3-14,23-24H,15H2,1-2H3,(H,25,27)/t23-/m0/s1. The van der Waals surface area contributed by atoms with E-state index in [-0.39, 0.29) is 29.9 Å². The molecule has 3 aromatic carbocycles. The van der Waals surface area contributed by atoms with Crippen LogP contribution < -0.4 is 10.6 Å². The van der Waals surface area contributed by atoms with Gasteiger partial charge in [-0.1, -0.05) is 72.3 Å². The van der Waals surface area contributed by atoms with Crippen molar-refractivity contribution in [2.45, 2.75) is 19.9 Å². The molecule has 2 N–H and O–H groups in total. The van der Waals surface area contributed by atoms with Gasteiger partial charge in [0, 0.05) is 6.07 Å². The molecule has 0 radical (unpaired) electrons. The summed E-state index contributed by atoms with van der Waals surface area (Å²) in [4.78, 5) is 23.3. The molecule has 148 valence electrons. The number of hydrogen-bond donors (Lipinski definition) is 2. The van der Waals surface area contributed by atoms with E-state index in [0.717, 1.165) is 16.7 Å². The molecule has 1 atom stereocenters. The van der Waals surface area contributed by atoms with Crippen molar-refractivity contribution in [3.8, 4) is 0 Å². The molecule has 0 heterocycles. The fourth-order valence-corrected chi connectivity index (χ4v) is 3.18. The van der Waals surface area contributed by atoms with E-state index in [9.17, 15) is 14.9 Å². The van der Waals surface area contributed by atoms with Crippen molar-refractivity contribution < 1.29 is 9.72 Å². The highest BCUT2D eigenvalue weighted by Gasteiger charge is 2.19. The zero-order valence-corrected chi connectivity index (χ0v) is 16.4. The molecule has 0 fully saturated rings. The van der Waals surface area contributed by atoms with Gasteiger partial charge >= 0.3 is 0 Å². The Balaban J connectivity index is 1.77. The van der Waals surface area contributed by atoms with E-state index in [1.165, 1.54) is 6.07 Å². The second-order valence-electron chi connectivity index (χ2n) is 6.91. The number of carbonyl (C=O) groups excluding carboxylic acids is 1. The van der Waals surface area contributed by atoms with Crippen molar-refractivity contribution in [2.75, 3.05) is 11.9 Å². The summed E-state index contributed by atoms with van der Waals surface area (Å²) in [6.45, 7) is 3.77. The summed E-state index contributed by atoms with van der Waals surface area (Å²) in [7, 11) is 0. The minimum atomic E-state index is -0.491. The number of nitro benzene ring substituents is 1. The zero-order valence-electron chi connectivity index (χ0n) is 16.4. The van der Waals surface area contributed by atoms with E-state index in [1.54, 1.807) is 19.1 Å². The average Bonchev–Trinajstić information content (AvgIpc) is 2.71. The van der Waals surface area contributed by atoms with Crippen molar-refractivity contribution in [3.63, 3.8) is 0 Å². The van der Waals surface area contributed by atoms with Crippen molar-refractivity contribution >= 4 is 17.3 Å². The topological polar surface area (TPSA) is 84.3 Å². The number of amides is 1. The monoisotopic (exact) mass is 389 g/mol. The molecule has 0 aromatic heterocycles. The smallest absolute Gasteiger partial charge is 0.293 e. The first kappa shape index (κ1) is 20.2. The molecule has 0 saturated carbocycles. The first-order valence-corrected chi connectivity index (χ1v) is 9.34. The summed E-state index contributed by atoms with van der Waals surface area (Å²) < 4.78 is 0. The predicted molar refractivity (Wildman–Crippen MR) is 114 cm³/mol. The molecule has 0 aliphatic carbocycles. The molecular weight excluding hydrogens is 366 g/mol. The lowest BCUT2D eigenvalue weighted by Gasteiger charge is -2.20. The Morgan fingerprint density at radius 1 is 0.931 bits per heavy atom. The fraction of sp³-hybridized carbons (Fsp3) is 0.174. The van der Waals surface area contributed by atoms with Crippen LogP contribution in [-0.2, 0) is 4.79 Å². The minimum Gasteiger partial charge on any atom is -0.319 e. The van der Waals surface area contributed by atoms with Crippen LogP contribution in [0.1, 0.15) is 28.3 Å². The number of benzene rings is 3. The lowest BCUT2D eigenvalue weighted by Crippen LogP contribution is -2.32. The molecule has 0 bridgehead atoms. The van der Waals surface area contributed by atoms with E-state index < -0.39 is 4.92 Å². The highest BCUT2D eigenvalue weighted by atomic mass is 16.6. The Morgan fingerprint density at radius 2 is 1.59 bits per heavy atom. The van der Waals surface area contributed by atoms with Gasteiger partial charge in [0.1, 0.15) is 5.69 Å². The lowest BCUT2D eigenvalue weighted by molar-refractivity contribution is -0.384. The van der Waals surface area contributed by atoms with Gasteiger partial charge in [0.15, 0.2) is 0 Å². The molecule has 1 amide bonds. The van der Waals surface area contributed by atoms with Gasteiger partial charge in [0.25, 0.3) is 5.69 Å². The predicted octanol–water partition coefficient (Wildman–Crippen LogP) is 4.53. The van der Waals surface area contributed by atoms with Gasteiger partial charge in [0.05, 0.1) is 17.5 Å². The van der Waals surface area contributed by atoms with E-state index in [1.807, 2.05) is 61.5 Å². The van der Waals surface area contributed by atoms with Crippen molar-refractivity contribution in [1.82, 2.24) is 5.32 Å². The number of para-hydroxylation sites is 1. The molecule has 6 nitrogen and oxygen atoms in total. The highest BCUT2D eigenvalue weighted by Crippen LogP contribution is 2.27. The highest BCUT2D eigenvalue weighted by molar-refractivity contribution is 5.95. The maximum absolute atomic E-state index is 12.6. The summed E-state index contributed by atoms with van der Waals surface area (Å²) in [5, 5.41) is 17.2. The van der Waals surface area contributed by atoms with Crippen LogP contribution in [0, 0.1) is 24.0 Å². The van der Waals surface area contributed by atoms with Gasteiger partial charge in [-0.25, -0.2) is 0 Å². The molecule has 29 heavy (non-hydrogen) atoms. The summed E-state index contributed by atoms with van der Waals surface area (Å²) >= 11 is 0. The van der Waals surface area contributed by atoms with Crippen LogP contribution >= 0.6 is 0 Å². The van der Waals surface area contributed by atoms with Gasteiger partial charge in [-0.3, -0.25) is 20.2 Å². The maximum atomic E-state index is 12.6. The van der Waals surface area contributed by atoms with Crippen molar-refractivity contribution in [1.29, 1.82) is 0 Å². The summed E-state index contributed by atoms with van der Waals surface area (Å²) in [6, 6.07) is 22.5. The molecule has 6 heteroatoms. The number of aryl methyl sites for hydroxylation is 2. The van der Waals surface area contributed by atoms with E-state index in [2.05, 4.69) is 10.6 Å². The summed E-state index contributed by atoms with van der Waals surface area (Å²) in [6.07, 6.45) is 0. The Labute approximate surface area is 169 Å². The second-order valence-corrected chi connectivity index (χ2v) is 6.91. The third-order valence-electron chi connectivity index (χ3n) is 4.72. The van der Waals surface area contributed by atoms with E-state index in [4.69, 9.17) is 0 Å². The maximum Gasteiger partial charge on any atom is 0.293 e. The number of nitrogens with zero attached hydrogens (tertiary/aromatic N) is 1. The Bertz CT molecular complexity index is 1000. The Kier molecular flexibility index (Phi) is 6.36. The molecule has 0 aliphatic heterocycles. The van der Waals surface area contributed by atoms with Crippen LogP contribution in [0.2, 0.25) is 0 Å². The SMILES string of the molecule is Cc1ccc([C@@H](NCC(=O)Nc2c(C)cccc2[N+](=O)[O-])c2ccccc2)cc1. The van der Waals surface area contributed by atoms with Gasteiger partial charge in [-0.15, -0.1) is 0 Å². The van der Waals surface area contributed by atoms with E-state index >= 15 is 0 Å². The van der Waals surface area contributed by atoms with E-state index in [0.29, 0.717) is 5.56 Å². The third kappa shape index (κ3) is 5.06. The molecule has 3 rings (SSSR count). The quantitative estimate of drug-likeness (QED) is 0.459. The van der Waals surface area contributed by atoms with Crippen LogP contribution in [-0.4, -0.2) is 17.4 Å². The minimum absolute atomic E-state index is 0.0128. The molecule has 3 aromatic rings. The molecule has 0 saturated heterocycles. The molecule has 0 aliphatic rings. The number of hydrogen-bond acceptors (Lipinski definition) is 4. The summed E-state index contributed by atoms with van der Waals surface area (Å²) in [5.74, 6) is -0.338.